The standard InChI is InChI=1S/C22H29NO3S/c1-22(2,3)20-8-4-5-9-21(20)27(25,26)23-19-14-17-11-10-16(7-6-12-24)13-18(17)15-19/h4-5,8-11,13,19,23-24H,6-7,12,14-15H2,1-3H3. The average Bonchev–Trinajstić information content (AvgIpc) is 2.99. The molecule has 27 heavy (non-hydrogen) atoms. The monoisotopic (exact) mass is 387 g/mol. The van der Waals surface area contributed by atoms with Crippen LogP contribution in [0.1, 0.15) is 49.4 Å². The van der Waals surface area contributed by atoms with Crippen LogP contribution in [0.4, 0.5) is 0 Å². The van der Waals surface area contributed by atoms with Crippen LogP contribution in [0.2, 0.25) is 0 Å². The van der Waals surface area contributed by atoms with Crippen LogP contribution in [-0.2, 0) is 34.7 Å². The fourth-order valence-corrected chi connectivity index (χ4v) is 5.45. The van der Waals surface area contributed by atoms with Gasteiger partial charge in [0.25, 0.3) is 0 Å². The minimum atomic E-state index is -3.58. The predicted octanol–water partition coefficient (Wildman–Crippen LogP) is 3.35. The number of hydrogen-bond acceptors (Lipinski definition) is 3. The molecular formula is C22H29NO3S. The first kappa shape index (κ1) is 20.1. The molecule has 1 unspecified atom stereocenters. The Balaban J connectivity index is 1.78. The normalized spacial score (nSPS) is 17.1. The van der Waals surface area contributed by atoms with E-state index >= 15 is 0 Å². The van der Waals surface area contributed by atoms with Crippen molar-refractivity contribution in [3.05, 3.63) is 64.7 Å². The second-order valence-corrected chi connectivity index (χ2v) is 10.1. The Morgan fingerprint density at radius 2 is 1.78 bits per heavy atom. The molecule has 1 aliphatic rings. The van der Waals surface area contributed by atoms with Crippen LogP contribution in [0.3, 0.4) is 0 Å². The Bertz CT molecular complexity index is 913. The highest BCUT2D eigenvalue weighted by Crippen LogP contribution is 2.30. The molecule has 1 aliphatic carbocycles. The minimum Gasteiger partial charge on any atom is -0.396 e. The summed E-state index contributed by atoms with van der Waals surface area (Å²) in [6.45, 7) is 6.27. The maximum atomic E-state index is 13.1. The summed E-state index contributed by atoms with van der Waals surface area (Å²) in [6, 6.07) is 13.5. The van der Waals surface area contributed by atoms with Gasteiger partial charge in [-0.2, -0.15) is 0 Å². The third-order valence-corrected chi connectivity index (χ3v) is 6.71. The fraction of sp³-hybridized carbons (Fsp3) is 0.455. The Kier molecular flexibility index (Phi) is 5.75. The van der Waals surface area contributed by atoms with Crippen molar-refractivity contribution in [1.82, 2.24) is 4.72 Å². The number of nitrogens with one attached hydrogen (secondary N) is 1. The van der Waals surface area contributed by atoms with Gasteiger partial charge < -0.3 is 5.11 Å². The van der Waals surface area contributed by atoms with E-state index in [1.807, 2.05) is 32.9 Å². The van der Waals surface area contributed by atoms with Gasteiger partial charge in [-0.25, -0.2) is 13.1 Å². The van der Waals surface area contributed by atoms with Crippen molar-refractivity contribution in [2.75, 3.05) is 6.61 Å². The molecule has 0 amide bonds. The van der Waals surface area contributed by atoms with Crippen molar-refractivity contribution in [1.29, 1.82) is 0 Å². The highest BCUT2D eigenvalue weighted by atomic mass is 32.2. The summed E-state index contributed by atoms with van der Waals surface area (Å²) in [5.41, 5.74) is 4.21. The molecular weight excluding hydrogens is 358 g/mol. The van der Waals surface area contributed by atoms with Gasteiger partial charge in [0, 0.05) is 12.6 Å². The molecule has 1 atom stereocenters. The summed E-state index contributed by atoms with van der Waals surface area (Å²) < 4.78 is 29.1. The van der Waals surface area contributed by atoms with Gasteiger partial charge in [-0.05, 0) is 59.4 Å². The van der Waals surface area contributed by atoms with E-state index in [-0.39, 0.29) is 18.1 Å². The molecule has 0 aliphatic heterocycles. The van der Waals surface area contributed by atoms with Crippen molar-refractivity contribution in [3.63, 3.8) is 0 Å². The van der Waals surface area contributed by atoms with Crippen LogP contribution in [0.15, 0.2) is 47.4 Å². The Hall–Kier alpha value is -1.69. The first-order chi connectivity index (χ1) is 12.7. The molecule has 0 saturated carbocycles. The van der Waals surface area contributed by atoms with Crippen molar-refractivity contribution in [2.24, 2.45) is 0 Å². The number of fused-ring (bicyclic) bond motifs is 1. The zero-order valence-corrected chi connectivity index (χ0v) is 17.1. The van der Waals surface area contributed by atoms with E-state index < -0.39 is 10.0 Å². The number of benzene rings is 2. The van der Waals surface area contributed by atoms with E-state index in [4.69, 9.17) is 5.11 Å². The summed E-state index contributed by atoms with van der Waals surface area (Å²) in [5, 5.41) is 9.00. The predicted molar refractivity (Wildman–Crippen MR) is 109 cm³/mol. The summed E-state index contributed by atoms with van der Waals surface area (Å²) in [5.74, 6) is 0. The lowest BCUT2D eigenvalue weighted by atomic mass is 9.87. The van der Waals surface area contributed by atoms with Gasteiger partial charge in [-0.15, -0.1) is 0 Å². The van der Waals surface area contributed by atoms with Gasteiger partial charge in [0.2, 0.25) is 10.0 Å². The van der Waals surface area contributed by atoms with Gasteiger partial charge in [-0.3, -0.25) is 0 Å². The highest BCUT2D eigenvalue weighted by Gasteiger charge is 2.30. The number of aryl methyl sites for hydroxylation is 1. The van der Waals surface area contributed by atoms with E-state index in [0.29, 0.717) is 17.7 Å². The zero-order chi connectivity index (χ0) is 19.7. The van der Waals surface area contributed by atoms with Gasteiger partial charge >= 0.3 is 0 Å². The SMILES string of the molecule is CC(C)(C)c1ccccc1S(=O)(=O)NC1Cc2ccc(CCCO)cc2C1. The molecule has 0 aromatic heterocycles. The lowest BCUT2D eigenvalue weighted by Crippen LogP contribution is -2.36. The molecule has 2 N–H and O–H groups in total. The van der Waals surface area contributed by atoms with Gasteiger partial charge in [-0.1, -0.05) is 57.2 Å². The smallest absolute Gasteiger partial charge is 0.241 e. The quantitative estimate of drug-likeness (QED) is 0.799. The molecule has 0 fully saturated rings. The fourth-order valence-electron chi connectivity index (χ4n) is 3.80. The minimum absolute atomic E-state index is 0.119. The van der Waals surface area contributed by atoms with Crippen LogP contribution in [-0.4, -0.2) is 26.2 Å². The third kappa shape index (κ3) is 4.60. The van der Waals surface area contributed by atoms with E-state index in [9.17, 15) is 8.42 Å². The van der Waals surface area contributed by atoms with Crippen molar-refractivity contribution < 1.29 is 13.5 Å². The largest absolute Gasteiger partial charge is 0.396 e. The van der Waals surface area contributed by atoms with Crippen LogP contribution in [0.5, 0.6) is 0 Å². The van der Waals surface area contributed by atoms with Crippen molar-refractivity contribution >= 4 is 10.0 Å². The molecule has 0 saturated heterocycles. The van der Waals surface area contributed by atoms with Gasteiger partial charge in [0.1, 0.15) is 0 Å². The molecule has 0 heterocycles. The maximum absolute atomic E-state index is 13.1. The lowest BCUT2D eigenvalue weighted by molar-refractivity contribution is 0.288. The first-order valence-corrected chi connectivity index (χ1v) is 11.0. The number of sulfonamides is 1. The van der Waals surface area contributed by atoms with Crippen LogP contribution in [0.25, 0.3) is 0 Å². The van der Waals surface area contributed by atoms with Crippen molar-refractivity contribution in [2.45, 2.75) is 62.8 Å². The van der Waals surface area contributed by atoms with Gasteiger partial charge in [0.15, 0.2) is 0 Å². The van der Waals surface area contributed by atoms with E-state index in [0.717, 1.165) is 18.4 Å². The topological polar surface area (TPSA) is 66.4 Å². The van der Waals surface area contributed by atoms with E-state index in [1.54, 1.807) is 12.1 Å². The summed E-state index contributed by atoms with van der Waals surface area (Å²) in [4.78, 5) is 0.372. The number of aliphatic hydroxyl groups excluding tert-OH is 1. The first-order valence-electron chi connectivity index (χ1n) is 9.54. The average molecular weight is 388 g/mol. The maximum Gasteiger partial charge on any atom is 0.241 e. The zero-order valence-electron chi connectivity index (χ0n) is 16.3. The summed E-state index contributed by atoms with van der Waals surface area (Å²) >= 11 is 0. The summed E-state index contributed by atoms with van der Waals surface area (Å²) in [7, 11) is -3.58. The lowest BCUT2D eigenvalue weighted by Gasteiger charge is -2.23. The number of aliphatic hydroxyl groups is 1. The van der Waals surface area contributed by atoms with Crippen LogP contribution in [0, 0.1) is 0 Å². The second-order valence-electron chi connectivity index (χ2n) is 8.40. The van der Waals surface area contributed by atoms with Crippen LogP contribution >= 0.6 is 0 Å². The molecule has 5 heteroatoms. The highest BCUT2D eigenvalue weighted by molar-refractivity contribution is 7.89. The molecule has 146 valence electrons. The second kappa shape index (κ2) is 7.74. The number of rotatable bonds is 6. The van der Waals surface area contributed by atoms with Crippen molar-refractivity contribution in [3.8, 4) is 0 Å². The van der Waals surface area contributed by atoms with E-state index in [2.05, 4.69) is 22.9 Å². The number of hydrogen-bond donors (Lipinski definition) is 2. The van der Waals surface area contributed by atoms with E-state index in [1.165, 1.54) is 16.7 Å². The Morgan fingerprint density at radius 3 is 2.48 bits per heavy atom. The van der Waals surface area contributed by atoms with Gasteiger partial charge in [0.05, 0.1) is 4.90 Å². The summed E-state index contributed by atoms with van der Waals surface area (Å²) in [6.07, 6.45) is 3.02. The molecule has 4 nitrogen and oxygen atoms in total. The third-order valence-electron chi connectivity index (χ3n) is 5.13. The molecule has 0 spiro atoms. The molecule has 2 aromatic carbocycles. The molecule has 0 radical (unpaired) electrons. The Morgan fingerprint density at radius 1 is 1.07 bits per heavy atom. The Labute approximate surface area is 162 Å². The molecule has 3 rings (SSSR count). The van der Waals surface area contributed by atoms with Crippen LogP contribution < -0.4 is 4.72 Å². The molecule has 0 bridgehead atoms. The molecule has 2 aromatic rings.